The molecule has 228 valence electrons. The molecule has 0 unspecified atom stereocenters. The van der Waals surface area contributed by atoms with Crippen molar-refractivity contribution in [2.24, 2.45) is 10.8 Å². The van der Waals surface area contributed by atoms with Gasteiger partial charge in [0.15, 0.2) is 0 Å². The number of rotatable bonds is 7. The lowest BCUT2D eigenvalue weighted by Gasteiger charge is -2.21. The van der Waals surface area contributed by atoms with Crippen LogP contribution in [0.2, 0.25) is 0 Å². The first-order valence-electron chi connectivity index (χ1n) is 13.7. The third-order valence-electron chi connectivity index (χ3n) is 5.72. The van der Waals surface area contributed by atoms with Gasteiger partial charge in [-0.05, 0) is 93.5 Å². The Labute approximate surface area is 242 Å². The Morgan fingerprint density at radius 3 is 1.60 bits per heavy atom. The first-order chi connectivity index (χ1) is 18.6. The second-order valence-corrected chi connectivity index (χ2v) is 10.4. The Bertz CT molecular complexity index is 1020. The lowest BCUT2D eigenvalue weighted by atomic mass is 9.92. The topological polar surface area (TPSA) is 103 Å². The van der Waals surface area contributed by atoms with Crippen molar-refractivity contribution in [3.63, 3.8) is 0 Å². The number of ether oxygens (including phenoxy) is 2. The summed E-state index contributed by atoms with van der Waals surface area (Å²) in [6.45, 7) is 25.4. The summed E-state index contributed by atoms with van der Waals surface area (Å²) in [7, 11) is 2.77. The van der Waals surface area contributed by atoms with Crippen molar-refractivity contribution in [1.82, 2.24) is 0 Å². The number of esters is 1. The van der Waals surface area contributed by atoms with Gasteiger partial charge in [-0.25, -0.2) is 9.78 Å². The van der Waals surface area contributed by atoms with E-state index in [9.17, 15) is 14.7 Å². The van der Waals surface area contributed by atoms with Crippen LogP contribution in [0.1, 0.15) is 84.6 Å². The summed E-state index contributed by atoms with van der Waals surface area (Å²) in [4.78, 5) is 33.2. The number of phenols is 1. The molecule has 0 aliphatic rings. The fourth-order valence-electron chi connectivity index (χ4n) is 3.01. The Hall–Kier alpha value is -3.10. The maximum absolute atomic E-state index is 12.3. The van der Waals surface area contributed by atoms with E-state index in [0.29, 0.717) is 23.8 Å². The van der Waals surface area contributed by atoms with E-state index in [0.717, 1.165) is 22.3 Å². The summed E-state index contributed by atoms with van der Waals surface area (Å²) in [5.74, 6) is 0.532. The number of carbonyl (C=O) groups is 2. The smallest absolute Gasteiger partial charge is 0.320 e. The SMILES string of the molecule is CC.CC.COC(=O)C(C)(C)C(=O)Nc1ccc(Oc2c(C)c(C)c(O)c(C)c2C)cc1.COOCC(C)(C)C. The average Bonchev–Trinajstić information content (AvgIpc) is 2.94. The summed E-state index contributed by atoms with van der Waals surface area (Å²) in [5, 5.41) is 12.9. The monoisotopic (exact) mass is 563 g/mol. The molecule has 0 bridgehead atoms. The minimum absolute atomic E-state index is 0.204. The molecule has 0 aromatic heterocycles. The molecule has 0 fully saturated rings. The van der Waals surface area contributed by atoms with Crippen molar-refractivity contribution in [1.29, 1.82) is 0 Å². The molecule has 0 atom stereocenters. The fourth-order valence-corrected chi connectivity index (χ4v) is 3.01. The Kier molecular flexibility index (Phi) is 17.8. The van der Waals surface area contributed by atoms with E-state index in [4.69, 9.17) is 9.62 Å². The van der Waals surface area contributed by atoms with Crippen LogP contribution in [0.15, 0.2) is 24.3 Å². The molecule has 2 aromatic rings. The molecule has 2 aromatic carbocycles. The summed E-state index contributed by atoms with van der Waals surface area (Å²) in [6, 6.07) is 6.87. The summed E-state index contributed by atoms with van der Waals surface area (Å²) >= 11 is 0. The molecule has 0 heterocycles. The number of nitrogens with one attached hydrogen (secondary N) is 1. The molecule has 0 aliphatic heterocycles. The zero-order valence-corrected chi connectivity index (χ0v) is 27.4. The predicted molar refractivity (Wildman–Crippen MR) is 163 cm³/mol. The average molecular weight is 564 g/mol. The Morgan fingerprint density at radius 1 is 0.800 bits per heavy atom. The highest BCUT2D eigenvalue weighted by molar-refractivity contribution is 6.08. The van der Waals surface area contributed by atoms with Gasteiger partial charge in [0.2, 0.25) is 5.91 Å². The highest BCUT2D eigenvalue weighted by Gasteiger charge is 2.37. The molecule has 0 saturated heterocycles. The van der Waals surface area contributed by atoms with E-state index in [-0.39, 0.29) is 11.2 Å². The molecule has 8 heteroatoms. The lowest BCUT2D eigenvalue weighted by molar-refractivity contribution is -0.285. The minimum atomic E-state index is -1.29. The van der Waals surface area contributed by atoms with Crippen molar-refractivity contribution in [3.8, 4) is 17.2 Å². The van der Waals surface area contributed by atoms with Gasteiger partial charge in [0.05, 0.1) is 20.8 Å². The molecule has 2 rings (SSSR count). The molecule has 2 N–H and O–H groups in total. The van der Waals surface area contributed by atoms with Gasteiger partial charge in [0.1, 0.15) is 22.7 Å². The molecule has 0 spiro atoms. The van der Waals surface area contributed by atoms with Gasteiger partial charge in [-0.3, -0.25) is 9.59 Å². The number of phenolic OH excluding ortho intramolecular Hbond substituents is 1. The predicted octanol–water partition coefficient (Wildman–Crippen LogP) is 8.22. The van der Waals surface area contributed by atoms with Crippen LogP contribution in [0.5, 0.6) is 17.2 Å². The third kappa shape index (κ3) is 12.0. The number of anilines is 1. The Balaban J connectivity index is 0. The number of hydrogen-bond acceptors (Lipinski definition) is 7. The molecule has 40 heavy (non-hydrogen) atoms. The maximum Gasteiger partial charge on any atom is 0.320 e. The quantitative estimate of drug-likeness (QED) is 0.151. The van der Waals surface area contributed by atoms with Crippen molar-refractivity contribution in [2.75, 3.05) is 26.1 Å². The zero-order valence-electron chi connectivity index (χ0n) is 27.4. The van der Waals surface area contributed by atoms with Crippen molar-refractivity contribution in [3.05, 3.63) is 46.5 Å². The van der Waals surface area contributed by atoms with Gasteiger partial charge in [0, 0.05) is 5.69 Å². The van der Waals surface area contributed by atoms with Crippen LogP contribution < -0.4 is 10.1 Å². The molecule has 8 nitrogen and oxygen atoms in total. The van der Waals surface area contributed by atoms with Gasteiger partial charge in [-0.1, -0.05) is 48.5 Å². The van der Waals surface area contributed by atoms with Crippen molar-refractivity contribution < 1.29 is 33.9 Å². The molecular weight excluding hydrogens is 510 g/mol. The van der Waals surface area contributed by atoms with E-state index in [1.807, 2.05) is 55.4 Å². The van der Waals surface area contributed by atoms with Crippen molar-refractivity contribution >= 4 is 17.6 Å². The molecule has 0 radical (unpaired) electrons. The molecule has 0 aliphatic carbocycles. The van der Waals surface area contributed by atoms with E-state index < -0.39 is 17.3 Å². The van der Waals surface area contributed by atoms with Crippen LogP contribution in [-0.2, 0) is 24.1 Å². The largest absolute Gasteiger partial charge is 0.507 e. The maximum atomic E-state index is 12.3. The molecule has 1 amide bonds. The number of aromatic hydroxyl groups is 1. The van der Waals surface area contributed by atoms with Crippen LogP contribution in [0.25, 0.3) is 0 Å². The normalized spacial score (nSPS) is 10.5. The van der Waals surface area contributed by atoms with Crippen LogP contribution >= 0.6 is 0 Å². The molecule has 0 saturated carbocycles. The number of methoxy groups -OCH3 is 1. The second kappa shape index (κ2) is 18.3. The minimum Gasteiger partial charge on any atom is -0.507 e. The van der Waals surface area contributed by atoms with Gasteiger partial charge < -0.3 is 19.9 Å². The number of benzene rings is 2. The Morgan fingerprint density at radius 2 is 1.25 bits per heavy atom. The van der Waals surface area contributed by atoms with Gasteiger partial charge >= 0.3 is 5.97 Å². The van der Waals surface area contributed by atoms with Crippen LogP contribution in [-0.4, -0.2) is 37.8 Å². The van der Waals surface area contributed by atoms with Gasteiger partial charge in [-0.2, -0.15) is 0 Å². The summed E-state index contributed by atoms with van der Waals surface area (Å²) in [6.07, 6.45) is 0. The summed E-state index contributed by atoms with van der Waals surface area (Å²) in [5.41, 5.74) is 2.77. The fraction of sp³-hybridized carbons (Fsp3) is 0.562. The van der Waals surface area contributed by atoms with E-state index in [1.165, 1.54) is 28.1 Å². The highest BCUT2D eigenvalue weighted by atomic mass is 17.2. The van der Waals surface area contributed by atoms with E-state index >= 15 is 0 Å². The zero-order chi connectivity index (χ0) is 31.8. The number of carbonyl (C=O) groups excluding carboxylic acids is 2. The lowest BCUT2D eigenvalue weighted by Crippen LogP contribution is -2.38. The highest BCUT2D eigenvalue weighted by Crippen LogP contribution is 2.38. The van der Waals surface area contributed by atoms with Gasteiger partial charge in [0.25, 0.3) is 0 Å². The van der Waals surface area contributed by atoms with Crippen molar-refractivity contribution in [2.45, 2.75) is 90.0 Å². The number of amides is 1. The van der Waals surface area contributed by atoms with E-state index in [2.05, 4.69) is 35.7 Å². The van der Waals surface area contributed by atoms with Crippen LogP contribution in [0.4, 0.5) is 5.69 Å². The standard InChI is InChI=1S/C22H27NO5.C6H14O2.2C2H6/c1-12-14(3)19(15(4)13(2)18(12)24)28-17-10-8-16(9-11-17)23-20(25)22(5,6)21(26)27-7;1-6(2,3)5-8-7-4;2*1-2/h8-11,24H,1-7H3,(H,23,25);5H2,1-4H3;2*1-2H3. The first kappa shape index (κ1) is 39.0. The number of hydrogen-bond donors (Lipinski definition) is 2. The van der Waals surface area contributed by atoms with Crippen LogP contribution in [0, 0.1) is 38.5 Å². The van der Waals surface area contributed by atoms with E-state index in [1.54, 1.807) is 24.3 Å². The summed E-state index contributed by atoms with van der Waals surface area (Å²) < 4.78 is 10.7. The van der Waals surface area contributed by atoms with Gasteiger partial charge in [-0.15, -0.1) is 0 Å². The van der Waals surface area contributed by atoms with Crippen LogP contribution in [0.3, 0.4) is 0 Å². The third-order valence-corrected chi connectivity index (χ3v) is 5.72. The second-order valence-electron chi connectivity index (χ2n) is 10.4. The first-order valence-corrected chi connectivity index (χ1v) is 13.7. The molecular formula is C32H53NO7.